The first-order valence-corrected chi connectivity index (χ1v) is 11.7. The minimum Gasteiger partial charge on any atom is -0.492 e. The van der Waals surface area contributed by atoms with Crippen molar-refractivity contribution in [3.8, 4) is 5.75 Å². The smallest absolute Gasteiger partial charge is 0.253 e. The number of rotatable bonds is 8. The van der Waals surface area contributed by atoms with Crippen LogP contribution in [0.15, 0.2) is 48.5 Å². The minimum atomic E-state index is -0.118. The molecule has 0 spiro atoms. The highest BCUT2D eigenvalue weighted by Crippen LogP contribution is 2.19. The average molecular weight is 448 g/mol. The topological polar surface area (TPSA) is 63.7 Å². The van der Waals surface area contributed by atoms with E-state index in [9.17, 15) is 4.79 Å². The van der Waals surface area contributed by atoms with Crippen molar-refractivity contribution in [1.29, 1.82) is 0 Å². The van der Waals surface area contributed by atoms with E-state index in [1.54, 1.807) is 0 Å². The molecule has 4 rings (SSSR count). The molecule has 1 aliphatic rings. The summed E-state index contributed by atoms with van der Waals surface area (Å²) in [5.74, 6) is 0.703. The molecule has 0 saturated carbocycles. The molecular formula is C27H33N3O3. The lowest BCUT2D eigenvalue weighted by molar-refractivity contribution is 0.0392. The molecule has 3 aromatic rings. The molecule has 33 heavy (non-hydrogen) atoms. The number of amides is 1. The molecule has 1 amide bonds. The molecule has 1 saturated heterocycles. The Morgan fingerprint density at radius 3 is 2.79 bits per heavy atom. The summed E-state index contributed by atoms with van der Waals surface area (Å²) in [5.41, 5.74) is 4.39. The molecule has 0 unspecified atom stereocenters. The number of nitrogens with zero attached hydrogens (tertiary/aromatic N) is 2. The Morgan fingerprint density at radius 1 is 1.15 bits per heavy atom. The summed E-state index contributed by atoms with van der Waals surface area (Å²) in [5, 5.41) is 4.00. The zero-order valence-electron chi connectivity index (χ0n) is 19.8. The molecule has 174 valence electrons. The second-order valence-electron chi connectivity index (χ2n) is 8.82. The van der Waals surface area contributed by atoms with Gasteiger partial charge in [-0.3, -0.25) is 14.7 Å². The number of ether oxygens (including phenoxy) is 2. The number of pyridine rings is 1. The largest absolute Gasteiger partial charge is 0.492 e. The quantitative estimate of drug-likeness (QED) is 0.559. The van der Waals surface area contributed by atoms with Crippen LogP contribution in [0, 0.1) is 13.8 Å². The number of fused-ring (bicyclic) bond motifs is 1. The highest BCUT2D eigenvalue weighted by molar-refractivity contribution is 5.98. The monoisotopic (exact) mass is 447 g/mol. The summed E-state index contributed by atoms with van der Waals surface area (Å²) in [6.07, 6.45) is 2.16. The van der Waals surface area contributed by atoms with Gasteiger partial charge in [0, 0.05) is 37.7 Å². The maximum atomic E-state index is 12.9. The van der Waals surface area contributed by atoms with Gasteiger partial charge < -0.3 is 14.8 Å². The Kier molecular flexibility index (Phi) is 7.57. The Hall–Kier alpha value is -2.96. The average Bonchev–Trinajstić information content (AvgIpc) is 2.83. The van der Waals surface area contributed by atoms with Crippen LogP contribution in [0.5, 0.6) is 5.75 Å². The standard InChI is InChI=1S/C27H33N3O3/c1-19-7-8-26-22(15-19)17-25(20(2)29-26)27(31)28-18-21-5-4-6-24(16-21)33-14-11-30(3)23-9-12-32-13-10-23/h4-8,15-17,23H,9-14,18H2,1-3H3,(H,28,31). The Bertz CT molecular complexity index is 1110. The van der Waals surface area contributed by atoms with Gasteiger partial charge in [-0.1, -0.05) is 23.8 Å². The maximum absolute atomic E-state index is 12.9. The van der Waals surface area contributed by atoms with Gasteiger partial charge in [0.1, 0.15) is 12.4 Å². The lowest BCUT2D eigenvalue weighted by Crippen LogP contribution is -2.38. The van der Waals surface area contributed by atoms with E-state index in [1.165, 1.54) is 0 Å². The van der Waals surface area contributed by atoms with Crippen molar-refractivity contribution in [2.45, 2.75) is 39.3 Å². The maximum Gasteiger partial charge on any atom is 0.253 e. The molecule has 1 aliphatic heterocycles. The third-order valence-electron chi connectivity index (χ3n) is 6.28. The molecule has 1 N–H and O–H groups in total. The first kappa shape index (κ1) is 23.2. The van der Waals surface area contributed by atoms with Crippen molar-refractivity contribution >= 4 is 16.8 Å². The predicted octanol–water partition coefficient (Wildman–Crippen LogP) is 4.27. The molecule has 6 nitrogen and oxygen atoms in total. The summed E-state index contributed by atoms with van der Waals surface area (Å²) in [6, 6.07) is 16.5. The molecule has 2 aromatic carbocycles. The second kappa shape index (κ2) is 10.8. The van der Waals surface area contributed by atoms with Gasteiger partial charge in [0.25, 0.3) is 5.91 Å². The van der Waals surface area contributed by atoms with Crippen LogP contribution in [0.1, 0.15) is 40.0 Å². The van der Waals surface area contributed by atoms with Crippen LogP contribution in [-0.4, -0.2) is 55.2 Å². The van der Waals surface area contributed by atoms with Crippen LogP contribution in [0.4, 0.5) is 0 Å². The van der Waals surface area contributed by atoms with Crippen molar-refractivity contribution < 1.29 is 14.3 Å². The summed E-state index contributed by atoms with van der Waals surface area (Å²) < 4.78 is 11.4. The van der Waals surface area contributed by atoms with Crippen LogP contribution in [0.2, 0.25) is 0 Å². The van der Waals surface area contributed by atoms with E-state index < -0.39 is 0 Å². The number of hydrogen-bond donors (Lipinski definition) is 1. The zero-order chi connectivity index (χ0) is 23.2. The summed E-state index contributed by atoms with van der Waals surface area (Å²) in [7, 11) is 2.15. The third-order valence-corrected chi connectivity index (χ3v) is 6.28. The van der Waals surface area contributed by atoms with Gasteiger partial charge in [-0.15, -0.1) is 0 Å². The first-order chi connectivity index (χ1) is 16.0. The van der Waals surface area contributed by atoms with Crippen molar-refractivity contribution in [1.82, 2.24) is 15.2 Å². The number of carbonyl (C=O) groups excluding carboxylic acids is 1. The van der Waals surface area contributed by atoms with Gasteiger partial charge in [-0.25, -0.2) is 0 Å². The molecule has 0 atom stereocenters. The van der Waals surface area contributed by atoms with Gasteiger partial charge in [0.2, 0.25) is 0 Å². The highest BCUT2D eigenvalue weighted by atomic mass is 16.5. The first-order valence-electron chi connectivity index (χ1n) is 11.7. The summed E-state index contributed by atoms with van der Waals surface area (Å²) in [6.45, 7) is 7.54. The highest BCUT2D eigenvalue weighted by Gasteiger charge is 2.18. The molecule has 0 aliphatic carbocycles. The molecular weight excluding hydrogens is 414 g/mol. The van der Waals surface area contributed by atoms with Crippen molar-refractivity contribution in [2.24, 2.45) is 0 Å². The Balaban J connectivity index is 1.31. The zero-order valence-corrected chi connectivity index (χ0v) is 19.8. The lowest BCUT2D eigenvalue weighted by atomic mass is 10.1. The van der Waals surface area contributed by atoms with Gasteiger partial charge >= 0.3 is 0 Å². The van der Waals surface area contributed by atoms with E-state index in [0.29, 0.717) is 24.8 Å². The van der Waals surface area contributed by atoms with Gasteiger partial charge in [-0.05, 0) is 69.6 Å². The number of hydrogen-bond acceptors (Lipinski definition) is 5. The van der Waals surface area contributed by atoms with E-state index in [2.05, 4.69) is 28.3 Å². The van der Waals surface area contributed by atoms with Crippen LogP contribution in [-0.2, 0) is 11.3 Å². The number of aromatic nitrogens is 1. The van der Waals surface area contributed by atoms with E-state index >= 15 is 0 Å². The fourth-order valence-corrected chi connectivity index (χ4v) is 4.26. The van der Waals surface area contributed by atoms with Crippen LogP contribution in [0.3, 0.4) is 0 Å². The number of nitrogens with one attached hydrogen (secondary N) is 1. The van der Waals surface area contributed by atoms with Gasteiger partial charge in [0.15, 0.2) is 0 Å². The van der Waals surface area contributed by atoms with Crippen LogP contribution < -0.4 is 10.1 Å². The van der Waals surface area contributed by atoms with E-state index in [0.717, 1.165) is 66.1 Å². The molecule has 1 aromatic heterocycles. The summed E-state index contributed by atoms with van der Waals surface area (Å²) >= 11 is 0. The van der Waals surface area contributed by atoms with E-state index in [-0.39, 0.29) is 5.91 Å². The molecule has 0 bridgehead atoms. The number of benzene rings is 2. The van der Waals surface area contributed by atoms with Crippen LogP contribution >= 0.6 is 0 Å². The van der Waals surface area contributed by atoms with E-state index in [1.807, 2.05) is 56.3 Å². The lowest BCUT2D eigenvalue weighted by Gasteiger charge is -2.31. The third kappa shape index (κ3) is 6.09. The molecule has 6 heteroatoms. The van der Waals surface area contributed by atoms with E-state index in [4.69, 9.17) is 9.47 Å². The molecule has 1 fully saturated rings. The van der Waals surface area contributed by atoms with Crippen molar-refractivity contribution in [3.63, 3.8) is 0 Å². The second-order valence-corrected chi connectivity index (χ2v) is 8.82. The van der Waals surface area contributed by atoms with Crippen molar-refractivity contribution in [3.05, 3.63) is 70.9 Å². The summed E-state index contributed by atoms with van der Waals surface area (Å²) in [4.78, 5) is 19.8. The molecule has 0 radical (unpaired) electrons. The number of likely N-dealkylation sites (N-methyl/N-ethyl adjacent to an activating group) is 1. The fourth-order valence-electron chi connectivity index (χ4n) is 4.26. The predicted molar refractivity (Wildman–Crippen MR) is 131 cm³/mol. The van der Waals surface area contributed by atoms with Crippen molar-refractivity contribution in [2.75, 3.05) is 33.4 Å². The Labute approximate surface area is 195 Å². The van der Waals surface area contributed by atoms with Gasteiger partial charge in [0.05, 0.1) is 16.8 Å². The number of aryl methyl sites for hydroxylation is 2. The molecule has 2 heterocycles. The minimum absolute atomic E-state index is 0.118. The fraction of sp³-hybridized carbons (Fsp3) is 0.407. The van der Waals surface area contributed by atoms with Gasteiger partial charge in [-0.2, -0.15) is 0 Å². The normalized spacial score (nSPS) is 14.5. The number of carbonyl (C=O) groups is 1. The SMILES string of the molecule is Cc1ccc2nc(C)c(C(=O)NCc3cccc(OCCN(C)C4CCOCC4)c3)cc2c1. The van der Waals surface area contributed by atoms with Crippen LogP contribution in [0.25, 0.3) is 10.9 Å². The Morgan fingerprint density at radius 2 is 1.97 bits per heavy atom.